The number of rotatable bonds is 4. The summed E-state index contributed by atoms with van der Waals surface area (Å²) in [6.07, 6.45) is 0. The second-order valence-corrected chi connectivity index (χ2v) is 8.26. The van der Waals surface area contributed by atoms with Gasteiger partial charge in [0, 0.05) is 5.69 Å². The molecule has 1 N–H and O–H groups in total. The fourth-order valence-electron chi connectivity index (χ4n) is 3.78. The summed E-state index contributed by atoms with van der Waals surface area (Å²) in [5.74, 6) is -0.660. The van der Waals surface area contributed by atoms with Crippen molar-refractivity contribution in [2.24, 2.45) is 0 Å². The maximum Gasteiger partial charge on any atom is 0.282 e. The zero-order valence-corrected chi connectivity index (χ0v) is 18.5. The largest absolute Gasteiger partial charge is 0.350 e. The third kappa shape index (κ3) is 3.77. The van der Waals surface area contributed by atoms with Crippen LogP contribution >= 0.6 is 0 Å². The molecule has 1 aliphatic rings. The van der Waals surface area contributed by atoms with Gasteiger partial charge in [0.15, 0.2) is 0 Å². The van der Waals surface area contributed by atoms with Crippen molar-refractivity contribution < 1.29 is 9.59 Å². The molecule has 1 aliphatic heterocycles. The number of imide groups is 1. The number of carbonyl (C=O) groups excluding carboxylic acids is 2. The highest BCUT2D eigenvalue weighted by Gasteiger charge is 2.40. The van der Waals surface area contributed by atoms with Gasteiger partial charge in [-0.15, -0.1) is 0 Å². The lowest BCUT2D eigenvalue weighted by Gasteiger charge is -2.16. The molecule has 3 aromatic rings. The molecule has 0 saturated heterocycles. The van der Waals surface area contributed by atoms with Crippen molar-refractivity contribution in [1.82, 2.24) is 0 Å². The third-order valence-corrected chi connectivity index (χ3v) is 5.92. The van der Waals surface area contributed by atoms with E-state index in [-0.39, 0.29) is 11.8 Å². The van der Waals surface area contributed by atoms with E-state index in [0.29, 0.717) is 17.0 Å². The average Bonchev–Trinajstić information content (AvgIpc) is 2.96. The Labute approximate surface area is 183 Å². The fraction of sp³-hybridized carbons (Fsp3) is 0.185. The summed E-state index contributed by atoms with van der Waals surface area (Å²) in [4.78, 5) is 28.3. The minimum Gasteiger partial charge on any atom is -0.350 e. The van der Waals surface area contributed by atoms with Crippen molar-refractivity contribution in [3.8, 4) is 0 Å². The number of aryl methyl sites for hydroxylation is 5. The Morgan fingerprint density at radius 3 is 2.00 bits per heavy atom. The molecule has 0 aliphatic carbocycles. The molecule has 0 unspecified atom stereocenters. The standard InChI is InChI=1S/C27H26N2O2/c1-16-7-6-8-23(13-16)29-26(30)24(21-11-9-17(2)19(4)14-21)25(27(29)31)28-22-12-10-18(3)20(5)15-22/h6-15,28H,1-5H3. The number of nitrogens with zero attached hydrogens (tertiary/aromatic N) is 1. The molecule has 0 spiro atoms. The van der Waals surface area contributed by atoms with Gasteiger partial charge in [0.05, 0.1) is 11.3 Å². The molecule has 0 saturated carbocycles. The second kappa shape index (κ2) is 7.88. The van der Waals surface area contributed by atoms with Gasteiger partial charge in [0.2, 0.25) is 0 Å². The molecule has 0 aromatic heterocycles. The predicted octanol–water partition coefficient (Wildman–Crippen LogP) is 5.63. The van der Waals surface area contributed by atoms with Gasteiger partial charge in [-0.2, -0.15) is 0 Å². The Hall–Kier alpha value is -3.66. The second-order valence-electron chi connectivity index (χ2n) is 8.26. The quantitative estimate of drug-likeness (QED) is 0.568. The SMILES string of the molecule is Cc1cccc(N2C(=O)C(Nc3ccc(C)c(C)c3)=C(c3ccc(C)c(C)c3)C2=O)c1. The summed E-state index contributed by atoms with van der Waals surface area (Å²) in [5.41, 5.74) is 8.29. The molecule has 3 aromatic carbocycles. The Kier molecular flexibility index (Phi) is 5.24. The van der Waals surface area contributed by atoms with E-state index in [1.54, 1.807) is 6.07 Å². The first-order valence-electron chi connectivity index (χ1n) is 10.4. The van der Waals surface area contributed by atoms with E-state index in [2.05, 4.69) is 5.32 Å². The van der Waals surface area contributed by atoms with Gasteiger partial charge in [0.25, 0.3) is 11.8 Å². The van der Waals surface area contributed by atoms with Crippen LogP contribution in [0.3, 0.4) is 0 Å². The first-order valence-corrected chi connectivity index (χ1v) is 10.4. The number of nitrogens with one attached hydrogen (secondary N) is 1. The number of carbonyl (C=O) groups is 2. The summed E-state index contributed by atoms with van der Waals surface area (Å²) in [6.45, 7) is 10.1. The van der Waals surface area contributed by atoms with E-state index in [9.17, 15) is 9.59 Å². The predicted molar refractivity (Wildman–Crippen MR) is 126 cm³/mol. The number of benzene rings is 3. The van der Waals surface area contributed by atoms with E-state index in [0.717, 1.165) is 33.5 Å². The van der Waals surface area contributed by atoms with Crippen LogP contribution in [-0.2, 0) is 9.59 Å². The molecule has 4 nitrogen and oxygen atoms in total. The van der Waals surface area contributed by atoms with E-state index < -0.39 is 0 Å². The van der Waals surface area contributed by atoms with E-state index >= 15 is 0 Å². The summed E-state index contributed by atoms with van der Waals surface area (Å²) < 4.78 is 0. The van der Waals surface area contributed by atoms with Crippen LogP contribution < -0.4 is 10.2 Å². The molecular formula is C27H26N2O2. The van der Waals surface area contributed by atoms with Gasteiger partial charge in [0.1, 0.15) is 5.70 Å². The first kappa shape index (κ1) is 20.6. The topological polar surface area (TPSA) is 49.4 Å². The van der Waals surface area contributed by atoms with Crippen molar-refractivity contribution in [3.63, 3.8) is 0 Å². The molecule has 4 heteroatoms. The summed E-state index contributed by atoms with van der Waals surface area (Å²) in [5, 5.41) is 3.25. The van der Waals surface area contributed by atoms with Crippen LogP contribution in [0.4, 0.5) is 11.4 Å². The van der Waals surface area contributed by atoms with E-state index in [1.807, 2.05) is 89.2 Å². The molecule has 1 heterocycles. The van der Waals surface area contributed by atoms with Crippen molar-refractivity contribution >= 4 is 28.8 Å². The summed E-state index contributed by atoms with van der Waals surface area (Å²) >= 11 is 0. The van der Waals surface area contributed by atoms with Crippen LogP contribution in [0.1, 0.15) is 33.4 Å². The number of hydrogen-bond donors (Lipinski definition) is 1. The summed E-state index contributed by atoms with van der Waals surface area (Å²) in [6, 6.07) is 19.2. The van der Waals surface area contributed by atoms with Crippen molar-refractivity contribution in [2.75, 3.05) is 10.2 Å². The van der Waals surface area contributed by atoms with Gasteiger partial charge < -0.3 is 5.32 Å². The molecule has 156 valence electrons. The molecule has 4 rings (SSSR count). The number of amides is 2. The minimum absolute atomic E-state index is 0.304. The first-order chi connectivity index (χ1) is 14.8. The highest BCUT2D eigenvalue weighted by atomic mass is 16.2. The Morgan fingerprint density at radius 2 is 1.35 bits per heavy atom. The number of anilines is 2. The lowest BCUT2D eigenvalue weighted by molar-refractivity contribution is -0.120. The van der Waals surface area contributed by atoms with Crippen LogP contribution in [0.25, 0.3) is 5.57 Å². The van der Waals surface area contributed by atoms with Gasteiger partial charge in [-0.25, -0.2) is 4.90 Å². The van der Waals surface area contributed by atoms with Crippen molar-refractivity contribution in [2.45, 2.75) is 34.6 Å². The van der Waals surface area contributed by atoms with Gasteiger partial charge in [-0.1, -0.05) is 36.4 Å². The number of hydrogen-bond acceptors (Lipinski definition) is 3. The smallest absolute Gasteiger partial charge is 0.282 e. The van der Waals surface area contributed by atoms with Gasteiger partial charge >= 0.3 is 0 Å². The Morgan fingerprint density at radius 1 is 0.677 bits per heavy atom. The monoisotopic (exact) mass is 410 g/mol. The maximum absolute atomic E-state index is 13.6. The zero-order chi connectivity index (χ0) is 22.3. The van der Waals surface area contributed by atoms with Crippen LogP contribution in [0.2, 0.25) is 0 Å². The van der Waals surface area contributed by atoms with Crippen LogP contribution in [-0.4, -0.2) is 11.8 Å². The normalized spacial score (nSPS) is 13.9. The third-order valence-electron chi connectivity index (χ3n) is 5.92. The van der Waals surface area contributed by atoms with Gasteiger partial charge in [-0.3, -0.25) is 9.59 Å². The molecule has 0 atom stereocenters. The fourth-order valence-corrected chi connectivity index (χ4v) is 3.78. The van der Waals surface area contributed by atoms with Gasteiger partial charge in [-0.05, 0) is 92.3 Å². The van der Waals surface area contributed by atoms with Crippen LogP contribution in [0, 0.1) is 34.6 Å². The van der Waals surface area contributed by atoms with Crippen molar-refractivity contribution in [3.05, 3.63) is 99.7 Å². The maximum atomic E-state index is 13.6. The molecule has 0 fully saturated rings. The zero-order valence-electron chi connectivity index (χ0n) is 18.5. The molecular weight excluding hydrogens is 384 g/mol. The van der Waals surface area contributed by atoms with Crippen LogP contribution in [0.5, 0.6) is 0 Å². The van der Waals surface area contributed by atoms with Crippen molar-refractivity contribution in [1.29, 1.82) is 0 Å². The molecule has 0 radical (unpaired) electrons. The summed E-state index contributed by atoms with van der Waals surface area (Å²) in [7, 11) is 0. The molecule has 2 amide bonds. The Bertz CT molecular complexity index is 1250. The highest BCUT2D eigenvalue weighted by Crippen LogP contribution is 2.34. The van der Waals surface area contributed by atoms with E-state index in [4.69, 9.17) is 0 Å². The van der Waals surface area contributed by atoms with Crippen LogP contribution in [0.15, 0.2) is 66.4 Å². The lowest BCUT2D eigenvalue weighted by Crippen LogP contribution is -2.32. The Balaban J connectivity index is 1.85. The average molecular weight is 411 g/mol. The highest BCUT2D eigenvalue weighted by molar-refractivity contribution is 6.46. The van der Waals surface area contributed by atoms with E-state index in [1.165, 1.54) is 10.5 Å². The molecule has 31 heavy (non-hydrogen) atoms. The molecule has 0 bridgehead atoms. The lowest BCUT2D eigenvalue weighted by atomic mass is 9.99. The minimum atomic E-state index is -0.345.